The van der Waals surface area contributed by atoms with Gasteiger partial charge in [-0.2, -0.15) is 0 Å². The average Bonchev–Trinajstić information content (AvgIpc) is 2.25. The van der Waals surface area contributed by atoms with Crippen molar-refractivity contribution in [2.75, 3.05) is 24.3 Å². The molecule has 8 nitrogen and oxygen atoms in total. The summed E-state index contributed by atoms with van der Waals surface area (Å²) in [5, 5.41) is 11.0. The standard InChI is InChI=1S/C8H19N3O5S2/c1-17(13,14)6-7-18(15,16)10-5-3-2-4-8(9)11-12/h10,12H,2-7H2,1H3,(H2,9,11). The number of oxime groups is 1. The van der Waals surface area contributed by atoms with Crippen LogP contribution in [0.3, 0.4) is 0 Å². The molecule has 0 aliphatic carbocycles. The molecule has 0 saturated heterocycles. The van der Waals surface area contributed by atoms with E-state index < -0.39 is 31.4 Å². The van der Waals surface area contributed by atoms with Gasteiger partial charge in [-0.15, -0.1) is 0 Å². The highest BCUT2D eigenvalue weighted by Crippen LogP contribution is 1.96. The number of sulfone groups is 1. The van der Waals surface area contributed by atoms with Crippen LogP contribution < -0.4 is 10.5 Å². The zero-order valence-electron chi connectivity index (χ0n) is 10.2. The molecule has 4 N–H and O–H groups in total. The molecule has 0 rings (SSSR count). The molecule has 0 bridgehead atoms. The fraction of sp³-hybridized carbons (Fsp3) is 0.875. The number of rotatable bonds is 9. The normalized spacial score (nSPS) is 13.7. The third kappa shape index (κ3) is 10.3. The minimum atomic E-state index is -3.56. The van der Waals surface area contributed by atoms with Crippen molar-refractivity contribution in [3.63, 3.8) is 0 Å². The van der Waals surface area contributed by atoms with E-state index in [9.17, 15) is 16.8 Å². The Morgan fingerprint density at radius 3 is 2.33 bits per heavy atom. The van der Waals surface area contributed by atoms with Gasteiger partial charge in [0.15, 0.2) is 0 Å². The minimum absolute atomic E-state index is 0.0925. The SMILES string of the molecule is CS(=O)(=O)CCS(=O)(=O)NCCCCC(N)=NO. The molecule has 0 saturated carbocycles. The van der Waals surface area contributed by atoms with Crippen LogP contribution in [-0.4, -0.2) is 52.2 Å². The first-order valence-electron chi connectivity index (χ1n) is 5.28. The highest BCUT2D eigenvalue weighted by atomic mass is 32.2. The van der Waals surface area contributed by atoms with E-state index in [2.05, 4.69) is 9.88 Å². The Morgan fingerprint density at radius 1 is 1.22 bits per heavy atom. The van der Waals surface area contributed by atoms with Crippen molar-refractivity contribution in [2.24, 2.45) is 10.9 Å². The first-order valence-corrected chi connectivity index (χ1v) is 8.99. The van der Waals surface area contributed by atoms with Crippen LogP contribution in [0.2, 0.25) is 0 Å². The molecule has 0 aliphatic heterocycles. The Labute approximate surface area is 107 Å². The van der Waals surface area contributed by atoms with Crippen molar-refractivity contribution in [3.05, 3.63) is 0 Å². The van der Waals surface area contributed by atoms with Crippen LogP contribution in [0.1, 0.15) is 19.3 Å². The lowest BCUT2D eigenvalue weighted by Crippen LogP contribution is -2.30. The molecule has 0 heterocycles. The number of nitrogens with zero attached hydrogens (tertiary/aromatic N) is 1. The van der Waals surface area contributed by atoms with Crippen molar-refractivity contribution in [1.29, 1.82) is 0 Å². The van der Waals surface area contributed by atoms with Gasteiger partial charge in [-0.25, -0.2) is 21.6 Å². The maximum atomic E-state index is 11.4. The Balaban J connectivity index is 3.85. The first-order chi connectivity index (χ1) is 8.16. The molecular weight excluding hydrogens is 282 g/mol. The van der Waals surface area contributed by atoms with Gasteiger partial charge in [-0.1, -0.05) is 5.16 Å². The highest BCUT2D eigenvalue weighted by Gasteiger charge is 2.13. The number of nitrogens with two attached hydrogens (primary N) is 1. The average molecular weight is 301 g/mol. The number of amidine groups is 1. The topological polar surface area (TPSA) is 139 Å². The lowest BCUT2D eigenvalue weighted by atomic mass is 10.2. The number of unbranched alkanes of at least 4 members (excludes halogenated alkanes) is 1. The Kier molecular flexibility index (Phi) is 7.18. The first kappa shape index (κ1) is 17.1. The van der Waals surface area contributed by atoms with Gasteiger partial charge in [-0.3, -0.25) is 0 Å². The summed E-state index contributed by atoms with van der Waals surface area (Å²) in [6.07, 6.45) is 2.46. The molecule has 0 fully saturated rings. The molecule has 0 aromatic rings. The lowest BCUT2D eigenvalue weighted by Gasteiger charge is -2.05. The molecule has 10 heteroatoms. The summed E-state index contributed by atoms with van der Waals surface area (Å²) < 4.78 is 46.7. The van der Waals surface area contributed by atoms with Crippen molar-refractivity contribution in [2.45, 2.75) is 19.3 Å². The Bertz CT molecular complexity index is 469. The number of hydrogen-bond acceptors (Lipinski definition) is 6. The number of sulfonamides is 1. The van der Waals surface area contributed by atoms with E-state index in [4.69, 9.17) is 10.9 Å². The summed E-state index contributed by atoms with van der Waals surface area (Å²) in [5.74, 6) is -0.742. The van der Waals surface area contributed by atoms with Crippen LogP contribution in [0.5, 0.6) is 0 Å². The largest absolute Gasteiger partial charge is 0.409 e. The van der Waals surface area contributed by atoms with Gasteiger partial charge in [0.25, 0.3) is 0 Å². The van der Waals surface area contributed by atoms with Gasteiger partial charge in [0, 0.05) is 19.2 Å². The van der Waals surface area contributed by atoms with E-state index in [0.29, 0.717) is 19.3 Å². The lowest BCUT2D eigenvalue weighted by molar-refractivity contribution is 0.316. The predicted octanol–water partition coefficient (Wildman–Crippen LogP) is -1.13. The smallest absolute Gasteiger partial charge is 0.212 e. The monoisotopic (exact) mass is 301 g/mol. The van der Waals surface area contributed by atoms with Crippen molar-refractivity contribution >= 4 is 25.7 Å². The molecule has 0 aliphatic rings. The van der Waals surface area contributed by atoms with Crippen LogP contribution in [0.4, 0.5) is 0 Å². The van der Waals surface area contributed by atoms with Crippen LogP contribution in [0.15, 0.2) is 5.16 Å². The summed E-state index contributed by atoms with van der Waals surface area (Å²) in [7, 11) is -6.85. The van der Waals surface area contributed by atoms with Gasteiger partial charge in [0.2, 0.25) is 10.0 Å². The molecule has 18 heavy (non-hydrogen) atoms. The second kappa shape index (κ2) is 7.54. The fourth-order valence-corrected chi connectivity index (χ4v) is 3.73. The summed E-state index contributed by atoms with van der Waals surface area (Å²) in [6, 6.07) is 0. The van der Waals surface area contributed by atoms with E-state index in [-0.39, 0.29) is 12.4 Å². The number of nitrogens with one attached hydrogen (secondary N) is 1. The third-order valence-corrected chi connectivity index (χ3v) is 4.62. The quantitative estimate of drug-likeness (QED) is 0.162. The van der Waals surface area contributed by atoms with E-state index >= 15 is 0 Å². The van der Waals surface area contributed by atoms with Gasteiger partial charge in [-0.05, 0) is 12.8 Å². The maximum absolute atomic E-state index is 11.4. The summed E-state index contributed by atoms with van der Waals surface area (Å²) in [5.41, 5.74) is 5.23. The second-order valence-corrected chi connectivity index (χ2v) is 8.08. The molecule has 0 aromatic heterocycles. The molecule has 0 spiro atoms. The summed E-state index contributed by atoms with van der Waals surface area (Å²) in [4.78, 5) is 0. The van der Waals surface area contributed by atoms with E-state index in [1.54, 1.807) is 0 Å². The second-order valence-electron chi connectivity index (χ2n) is 3.89. The van der Waals surface area contributed by atoms with Crippen LogP contribution in [-0.2, 0) is 19.9 Å². The van der Waals surface area contributed by atoms with E-state index in [1.165, 1.54) is 0 Å². The van der Waals surface area contributed by atoms with Crippen molar-refractivity contribution < 1.29 is 22.0 Å². The van der Waals surface area contributed by atoms with Gasteiger partial charge < -0.3 is 10.9 Å². The highest BCUT2D eigenvalue weighted by molar-refractivity contribution is 7.93. The van der Waals surface area contributed by atoms with E-state index in [0.717, 1.165) is 6.26 Å². The maximum Gasteiger partial charge on any atom is 0.212 e. The molecule has 0 amide bonds. The molecule has 0 unspecified atom stereocenters. The van der Waals surface area contributed by atoms with E-state index in [1.807, 2.05) is 0 Å². The molecular formula is C8H19N3O5S2. The third-order valence-electron chi connectivity index (χ3n) is 2.03. The van der Waals surface area contributed by atoms with Crippen LogP contribution >= 0.6 is 0 Å². The van der Waals surface area contributed by atoms with Gasteiger partial charge in [0.1, 0.15) is 15.7 Å². The van der Waals surface area contributed by atoms with Gasteiger partial charge in [0.05, 0.1) is 11.5 Å². The van der Waals surface area contributed by atoms with Crippen molar-refractivity contribution in [3.8, 4) is 0 Å². The van der Waals surface area contributed by atoms with Gasteiger partial charge >= 0.3 is 0 Å². The minimum Gasteiger partial charge on any atom is -0.409 e. The molecule has 108 valence electrons. The van der Waals surface area contributed by atoms with Crippen LogP contribution in [0.25, 0.3) is 0 Å². The molecule has 0 aromatic carbocycles. The molecule has 0 atom stereocenters. The Hall–Kier alpha value is -0.870. The Morgan fingerprint density at radius 2 is 1.83 bits per heavy atom. The summed E-state index contributed by atoms with van der Waals surface area (Å²) in [6.45, 7) is 0.199. The van der Waals surface area contributed by atoms with Crippen LogP contribution in [0, 0.1) is 0 Å². The number of hydrogen-bond donors (Lipinski definition) is 3. The fourth-order valence-electron chi connectivity index (χ4n) is 1.04. The zero-order chi connectivity index (χ0) is 14.2. The predicted molar refractivity (Wildman–Crippen MR) is 68.8 cm³/mol. The summed E-state index contributed by atoms with van der Waals surface area (Å²) >= 11 is 0. The van der Waals surface area contributed by atoms with Crippen molar-refractivity contribution in [1.82, 2.24) is 4.72 Å². The zero-order valence-corrected chi connectivity index (χ0v) is 11.8. The molecule has 0 radical (unpaired) electrons.